The van der Waals surface area contributed by atoms with Crippen LogP contribution >= 0.6 is 0 Å². The van der Waals surface area contributed by atoms with Crippen molar-refractivity contribution in [1.29, 1.82) is 0 Å². The minimum Gasteiger partial charge on any atom is -0.300 e. The van der Waals surface area contributed by atoms with Crippen LogP contribution in [-0.2, 0) is 4.79 Å². The topological polar surface area (TPSA) is 17.1 Å². The lowest BCUT2D eigenvalue weighted by Crippen LogP contribution is -2.42. The molecule has 0 N–H and O–H groups in total. The van der Waals surface area contributed by atoms with E-state index in [-0.39, 0.29) is 5.78 Å². The Morgan fingerprint density at radius 3 is 1.72 bits per heavy atom. The van der Waals surface area contributed by atoms with E-state index in [9.17, 15) is 4.79 Å². The second-order valence-corrected chi connectivity index (χ2v) is 4.61. The summed E-state index contributed by atoms with van der Waals surface area (Å²) in [6.07, 6.45) is 1.51. The normalized spacial score (nSPS) is 10.1. The lowest BCUT2D eigenvalue weighted by Gasteiger charge is -2.13. The Labute approximate surface area is 109 Å². The average Bonchev–Trinajstić information content (AvgIpc) is 2.41. The molecule has 2 aromatic carbocycles. The van der Waals surface area contributed by atoms with Gasteiger partial charge >= 0.3 is 0 Å². The average molecular weight is 236 g/mol. The summed E-state index contributed by atoms with van der Waals surface area (Å²) in [6.45, 7) is 1.98. The van der Waals surface area contributed by atoms with Gasteiger partial charge in [-0.25, -0.2) is 0 Å². The molecule has 0 aliphatic carbocycles. The van der Waals surface area contributed by atoms with Crippen LogP contribution in [0.15, 0.2) is 60.7 Å². The van der Waals surface area contributed by atoms with Crippen molar-refractivity contribution in [3.63, 3.8) is 0 Å². The maximum Gasteiger partial charge on any atom is 0.209 e. The number of ketones is 1. The molecule has 90 valence electrons. The van der Waals surface area contributed by atoms with Gasteiger partial charge in [0.25, 0.3) is 0 Å². The molecule has 0 radical (unpaired) electrons. The molecule has 0 heterocycles. The Kier molecular flexibility index (Phi) is 4.35. The predicted molar refractivity (Wildman–Crippen MR) is 78.0 cm³/mol. The Balaban J connectivity index is 2.26. The Morgan fingerprint density at radius 1 is 0.889 bits per heavy atom. The molecule has 0 aromatic heterocycles. The highest BCUT2D eigenvalue weighted by atomic mass is 16.1. The SMILES string of the molecule is CC(=O)CCB(c1ccccc1)c1ccccc1. The van der Waals surface area contributed by atoms with E-state index in [0.717, 1.165) is 6.32 Å². The van der Waals surface area contributed by atoms with Crippen molar-refractivity contribution < 1.29 is 4.79 Å². The van der Waals surface area contributed by atoms with E-state index in [2.05, 4.69) is 48.5 Å². The van der Waals surface area contributed by atoms with Gasteiger partial charge in [0, 0.05) is 0 Å². The van der Waals surface area contributed by atoms with E-state index in [1.54, 1.807) is 6.92 Å². The molecule has 0 saturated carbocycles. The highest BCUT2D eigenvalue weighted by molar-refractivity contribution is 6.85. The van der Waals surface area contributed by atoms with E-state index < -0.39 is 0 Å². The second kappa shape index (κ2) is 6.20. The fraction of sp³-hybridized carbons (Fsp3) is 0.188. The third-order valence-electron chi connectivity index (χ3n) is 3.19. The number of hydrogen-bond donors (Lipinski definition) is 0. The van der Waals surface area contributed by atoms with Crippen molar-refractivity contribution in [3.05, 3.63) is 60.7 Å². The standard InChI is InChI=1S/C16H17BO/c1-14(18)12-13-17(15-8-4-2-5-9-15)16-10-6-3-7-11-16/h2-11H,12-13H2,1H3. The molecule has 1 nitrogen and oxygen atoms in total. The first-order valence-electron chi connectivity index (χ1n) is 6.36. The number of carbonyl (C=O) groups excluding carboxylic acids is 1. The molecule has 0 fully saturated rings. The van der Waals surface area contributed by atoms with E-state index in [1.807, 2.05) is 12.1 Å². The summed E-state index contributed by atoms with van der Waals surface area (Å²) in [5, 5.41) is 0. The van der Waals surface area contributed by atoms with Crippen molar-refractivity contribution in [2.24, 2.45) is 0 Å². The number of benzene rings is 2. The Hall–Kier alpha value is -1.83. The van der Waals surface area contributed by atoms with Gasteiger partial charge in [-0.15, -0.1) is 0 Å². The molecule has 0 saturated heterocycles. The van der Waals surface area contributed by atoms with Gasteiger partial charge in [0.05, 0.1) is 0 Å². The molecule has 0 spiro atoms. The highest BCUT2D eigenvalue weighted by Gasteiger charge is 2.18. The first kappa shape index (κ1) is 12.6. The van der Waals surface area contributed by atoms with Gasteiger partial charge in [-0.1, -0.05) is 77.9 Å². The molecular weight excluding hydrogens is 219 g/mol. The maximum atomic E-state index is 11.2. The molecule has 2 aromatic rings. The molecule has 0 aliphatic rings. The van der Waals surface area contributed by atoms with E-state index in [4.69, 9.17) is 0 Å². The number of rotatable bonds is 5. The van der Waals surface area contributed by atoms with Crippen LogP contribution in [0, 0.1) is 0 Å². The summed E-state index contributed by atoms with van der Waals surface area (Å²) in [5.74, 6) is 0.256. The molecule has 18 heavy (non-hydrogen) atoms. The number of Topliss-reactive ketones (excluding diaryl/α,β-unsaturated/α-hetero) is 1. The Bertz CT molecular complexity index is 454. The molecule has 0 atom stereocenters. The lowest BCUT2D eigenvalue weighted by atomic mass is 9.38. The van der Waals surface area contributed by atoms with Crippen molar-refractivity contribution in [1.82, 2.24) is 0 Å². The molecule has 0 unspecified atom stereocenters. The third kappa shape index (κ3) is 3.33. The first-order valence-corrected chi connectivity index (χ1v) is 6.36. The van der Waals surface area contributed by atoms with Crippen LogP contribution in [0.3, 0.4) is 0 Å². The van der Waals surface area contributed by atoms with E-state index in [1.165, 1.54) is 10.9 Å². The number of hydrogen-bond acceptors (Lipinski definition) is 1. The van der Waals surface area contributed by atoms with Gasteiger partial charge in [0.1, 0.15) is 5.78 Å². The van der Waals surface area contributed by atoms with Crippen LogP contribution in [0.25, 0.3) is 0 Å². The summed E-state index contributed by atoms with van der Waals surface area (Å²) in [7, 11) is 0. The highest BCUT2D eigenvalue weighted by Crippen LogP contribution is 2.02. The van der Waals surface area contributed by atoms with Gasteiger partial charge in [-0.05, 0) is 13.3 Å². The maximum absolute atomic E-state index is 11.2. The fourth-order valence-corrected chi connectivity index (χ4v) is 2.24. The molecule has 2 rings (SSSR count). The predicted octanol–water partition coefficient (Wildman–Crippen LogP) is 2.27. The van der Waals surface area contributed by atoms with Crippen molar-refractivity contribution in [2.45, 2.75) is 19.7 Å². The van der Waals surface area contributed by atoms with Gasteiger partial charge in [-0.2, -0.15) is 0 Å². The van der Waals surface area contributed by atoms with Gasteiger partial charge < -0.3 is 4.79 Å². The van der Waals surface area contributed by atoms with Crippen molar-refractivity contribution >= 4 is 23.4 Å². The quantitative estimate of drug-likeness (QED) is 0.728. The summed E-state index contributed by atoms with van der Waals surface area (Å²) in [6, 6.07) is 20.8. The first-order chi connectivity index (χ1) is 8.77. The van der Waals surface area contributed by atoms with Crippen LogP contribution < -0.4 is 10.9 Å². The number of carbonyl (C=O) groups is 1. The molecular formula is C16H17BO. The largest absolute Gasteiger partial charge is 0.300 e. The van der Waals surface area contributed by atoms with Crippen LogP contribution in [0.2, 0.25) is 6.32 Å². The zero-order valence-electron chi connectivity index (χ0n) is 10.7. The molecule has 0 bridgehead atoms. The van der Waals surface area contributed by atoms with Crippen LogP contribution in [0.5, 0.6) is 0 Å². The van der Waals surface area contributed by atoms with Crippen molar-refractivity contribution in [2.75, 3.05) is 0 Å². The molecule has 0 aliphatic heterocycles. The minimum atomic E-state index is 0.256. The van der Waals surface area contributed by atoms with Crippen LogP contribution in [0.1, 0.15) is 13.3 Å². The summed E-state index contributed by atoms with van der Waals surface area (Å²) < 4.78 is 0. The van der Waals surface area contributed by atoms with E-state index in [0.29, 0.717) is 13.1 Å². The monoisotopic (exact) mass is 236 g/mol. The zero-order chi connectivity index (χ0) is 12.8. The Morgan fingerprint density at radius 2 is 1.33 bits per heavy atom. The van der Waals surface area contributed by atoms with Gasteiger partial charge in [-0.3, -0.25) is 0 Å². The van der Waals surface area contributed by atoms with E-state index >= 15 is 0 Å². The fourth-order valence-electron chi connectivity index (χ4n) is 2.24. The van der Waals surface area contributed by atoms with Crippen molar-refractivity contribution in [3.8, 4) is 0 Å². The zero-order valence-corrected chi connectivity index (χ0v) is 10.7. The summed E-state index contributed by atoms with van der Waals surface area (Å²) in [5.41, 5.74) is 2.56. The minimum absolute atomic E-state index is 0.256. The van der Waals surface area contributed by atoms with Gasteiger partial charge in [0.15, 0.2) is 0 Å². The molecule has 0 amide bonds. The smallest absolute Gasteiger partial charge is 0.209 e. The summed E-state index contributed by atoms with van der Waals surface area (Å²) >= 11 is 0. The summed E-state index contributed by atoms with van der Waals surface area (Å²) in [4.78, 5) is 11.2. The van der Waals surface area contributed by atoms with Crippen LogP contribution in [0.4, 0.5) is 0 Å². The molecule has 2 heteroatoms. The van der Waals surface area contributed by atoms with Gasteiger partial charge in [0.2, 0.25) is 6.71 Å². The third-order valence-corrected chi connectivity index (χ3v) is 3.19. The van der Waals surface area contributed by atoms with Crippen LogP contribution in [-0.4, -0.2) is 12.5 Å². The second-order valence-electron chi connectivity index (χ2n) is 4.61. The lowest BCUT2D eigenvalue weighted by molar-refractivity contribution is -0.116.